The Kier molecular flexibility index (Phi) is 6.88. The standard InChI is InChI=1S/C24H18ClN3O3S2/c25-18-11-13-19(14-12-18)33(30,31)28-21-9-5-4-8-20(21)22-16-32-24(26-22)27-23(29)15-10-17-6-2-1-3-7-17/h1-16,28H,(H,26,27,29)/b15-10+. The molecule has 1 amide bonds. The van der Waals surface area contributed by atoms with Gasteiger partial charge in [0.2, 0.25) is 5.91 Å². The van der Waals surface area contributed by atoms with E-state index in [1.165, 1.54) is 41.7 Å². The molecule has 0 unspecified atom stereocenters. The first-order valence-corrected chi connectivity index (χ1v) is 12.5. The molecule has 1 heterocycles. The smallest absolute Gasteiger partial charge is 0.261 e. The highest BCUT2D eigenvalue weighted by Crippen LogP contribution is 2.32. The molecule has 0 aliphatic rings. The average Bonchev–Trinajstić information content (AvgIpc) is 3.27. The summed E-state index contributed by atoms with van der Waals surface area (Å²) in [5, 5.41) is 5.34. The second-order valence-electron chi connectivity index (χ2n) is 6.88. The molecule has 0 bridgehead atoms. The van der Waals surface area contributed by atoms with E-state index in [0.717, 1.165) is 5.56 Å². The van der Waals surface area contributed by atoms with Crippen LogP contribution in [0.25, 0.3) is 17.3 Å². The largest absolute Gasteiger partial charge is 0.298 e. The predicted octanol–water partition coefficient (Wildman–Crippen LogP) is 5.92. The number of carbonyl (C=O) groups is 1. The van der Waals surface area contributed by atoms with Gasteiger partial charge in [-0.05, 0) is 42.0 Å². The maximum Gasteiger partial charge on any atom is 0.261 e. The molecule has 4 aromatic rings. The third-order valence-electron chi connectivity index (χ3n) is 4.53. The van der Waals surface area contributed by atoms with E-state index in [4.69, 9.17) is 11.6 Å². The number of amides is 1. The van der Waals surface area contributed by atoms with E-state index >= 15 is 0 Å². The van der Waals surface area contributed by atoms with Crippen molar-refractivity contribution >= 4 is 55.8 Å². The lowest BCUT2D eigenvalue weighted by Crippen LogP contribution is -2.13. The number of hydrogen-bond donors (Lipinski definition) is 2. The SMILES string of the molecule is O=C(/C=C/c1ccccc1)Nc1nc(-c2ccccc2NS(=O)(=O)c2ccc(Cl)cc2)cs1. The van der Waals surface area contributed by atoms with E-state index in [9.17, 15) is 13.2 Å². The summed E-state index contributed by atoms with van der Waals surface area (Å²) in [7, 11) is -3.82. The van der Waals surface area contributed by atoms with Crippen molar-refractivity contribution in [1.29, 1.82) is 0 Å². The minimum absolute atomic E-state index is 0.0955. The van der Waals surface area contributed by atoms with Gasteiger partial charge in [0, 0.05) is 22.0 Å². The van der Waals surface area contributed by atoms with Gasteiger partial charge in [0.15, 0.2) is 5.13 Å². The van der Waals surface area contributed by atoms with Crippen molar-refractivity contribution in [1.82, 2.24) is 4.98 Å². The van der Waals surface area contributed by atoms with Gasteiger partial charge in [0.25, 0.3) is 10.0 Å². The van der Waals surface area contributed by atoms with Gasteiger partial charge in [-0.1, -0.05) is 60.1 Å². The van der Waals surface area contributed by atoms with Crippen LogP contribution < -0.4 is 10.0 Å². The van der Waals surface area contributed by atoms with E-state index in [2.05, 4.69) is 15.0 Å². The maximum atomic E-state index is 12.8. The number of carbonyl (C=O) groups excluding carboxylic acids is 1. The van der Waals surface area contributed by atoms with Crippen molar-refractivity contribution in [3.05, 3.63) is 101 Å². The Morgan fingerprint density at radius 3 is 2.39 bits per heavy atom. The summed E-state index contributed by atoms with van der Waals surface area (Å²) in [5.41, 5.74) is 2.41. The number of hydrogen-bond acceptors (Lipinski definition) is 5. The minimum atomic E-state index is -3.82. The first kappa shape index (κ1) is 22.7. The lowest BCUT2D eigenvalue weighted by molar-refractivity contribution is -0.111. The number of para-hydroxylation sites is 1. The van der Waals surface area contributed by atoms with E-state index in [1.807, 2.05) is 30.3 Å². The van der Waals surface area contributed by atoms with Crippen LogP contribution in [0.15, 0.2) is 95.2 Å². The van der Waals surface area contributed by atoms with Gasteiger partial charge in [0.05, 0.1) is 16.3 Å². The monoisotopic (exact) mass is 495 g/mol. The number of rotatable bonds is 7. The lowest BCUT2D eigenvalue weighted by Gasteiger charge is -2.11. The molecule has 0 radical (unpaired) electrons. The molecule has 4 rings (SSSR count). The molecule has 0 spiro atoms. The molecule has 1 aromatic heterocycles. The molecule has 0 aliphatic heterocycles. The van der Waals surface area contributed by atoms with Crippen molar-refractivity contribution in [2.45, 2.75) is 4.90 Å². The highest BCUT2D eigenvalue weighted by Gasteiger charge is 2.17. The van der Waals surface area contributed by atoms with Crippen LogP contribution in [-0.2, 0) is 14.8 Å². The first-order chi connectivity index (χ1) is 15.9. The van der Waals surface area contributed by atoms with Crippen molar-refractivity contribution in [2.24, 2.45) is 0 Å². The zero-order chi connectivity index (χ0) is 23.3. The topological polar surface area (TPSA) is 88.2 Å². The Balaban J connectivity index is 1.51. The quantitative estimate of drug-likeness (QED) is 0.312. The molecular weight excluding hydrogens is 478 g/mol. The van der Waals surface area contributed by atoms with E-state index in [-0.39, 0.29) is 10.8 Å². The molecule has 3 aromatic carbocycles. The van der Waals surface area contributed by atoms with Crippen LogP contribution in [0.2, 0.25) is 5.02 Å². The molecule has 33 heavy (non-hydrogen) atoms. The van der Waals surface area contributed by atoms with Crippen LogP contribution in [0.4, 0.5) is 10.8 Å². The Hall–Kier alpha value is -3.46. The molecule has 6 nitrogen and oxygen atoms in total. The van der Waals surface area contributed by atoms with E-state index in [0.29, 0.717) is 27.1 Å². The molecule has 0 fully saturated rings. The molecule has 9 heteroatoms. The van der Waals surface area contributed by atoms with Crippen LogP contribution in [0.1, 0.15) is 5.56 Å². The molecule has 0 aliphatic carbocycles. The number of anilines is 2. The van der Waals surface area contributed by atoms with E-state index < -0.39 is 10.0 Å². The third kappa shape index (κ3) is 5.87. The number of nitrogens with zero attached hydrogens (tertiary/aromatic N) is 1. The van der Waals surface area contributed by atoms with Crippen LogP contribution in [0.5, 0.6) is 0 Å². The molecule has 2 N–H and O–H groups in total. The van der Waals surface area contributed by atoms with Crippen LogP contribution in [0, 0.1) is 0 Å². The second kappa shape index (κ2) is 9.99. The summed E-state index contributed by atoms with van der Waals surface area (Å²) in [4.78, 5) is 16.8. The molecule has 0 saturated carbocycles. The zero-order valence-electron chi connectivity index (χ0n) is 17.1. The second-order valence-corrected chi connectivity index (χ2v) is 9.85. The van der Waals surface area contributed by atoms with Gasteiger partial charge in [-0.25, -0.2) is 13.4 Å². The van der Waals surface area contributed by atoms with Gasteiger partial charge in [-0.15, -0.1) is 11.3 Å². The first-order valence-electron chi connectivity index (χ1n) is 9.78. The number of aromatic nitrogens is 1. The average molecular weight is 496 g/mol. The summed E-state index contributed by atoms with van der Waals surface area (Å²) in [6.07, 6.45) is 3.15. The number of benzene rings is 3. The minimum Gasteiger partial charge on any atom is -0.298 e. The maximum absolute atomic E-state index is 12.8. The van der Waals surface area contributed by atoms with Gasteiger partial charge in [-0.2, -0.15) is 0 Å². The van der Waals surface area contributed by atoms with Crippen molar-refractivity contribution in [3.63, 3.8) is 0 Å². The Labute approximate surface area is 200 Å². The van der Waals surface area contributed by atoms with Crippen molar-refractivity contribution in [2.75, 3.05) is 10.0 Å². The van der Waals surface area contributed by atoms with Gasteiger partial charge >= 0.3 is 0 Å². The number of nitrogens with one attached hydrogen (secondary N) is 2. The highest BCUT2D eigenvalue weighted by atomic mass is 35.5. The summed E-state index contributed by atoms with van der Waals surface area (Å²) in [6, 6.07) is 22.3. The van der Waals surface area contributed by atoms with Crippen LogP contribution in [0.3, 0.4) is 0 Å². The van der Waals surface area contributed by atoms with Crippen molar-refractivity contribution < 1.29 is 13.2 Å². The fourth-order valence-corrected chi connectivity index (χ4v) is 4.87. The van der Waals surface area contributed by atoms with Crippen molar-refractivity contribution in [3.8, 4) is 11.3 Å². The summed E-state index contributed by atoms with van der Waals surface area (Å²) < 4.78 is 28.2. The van der Waals surface area contributed by atoms with Crippen LogP contribution >= 0.6 is 22.9 Å². The third-order valence-corrected chi connectivity index (χ3v) is 6.92. The normalized spacial score (nSPS) is 11.4. The molecule has 0 atom stereocenters. The molecule has 166 valence electrons. The van der Waals surface area contributed by atoms with Gasteiger partial charge < -0.3 is 0 Å². The number of halogens is 1. The Morgan fingerprint density at radius 1 is 0.939 bits per heavy atom. The summed E-state index contributed by atoms with van der Waals surface area (Å²) >= 11 is 7.11. The Morgan fingerprint density at radius 2 is 1.64 bits per heavy atom. The highest BCUT2D eigenvalue weighted by molar-refractivity contribution is 7.92. The van der Waals surface area contributed by atoms with E-state index in [1.54, 1.807) is 35.7 Å². The fraction of sp³-hybridized carbons (Fsp3) is 0. The summed E-state index contributed by atoms with van der Waals surface area (Å²) in [6.45, 7) is 0. The Bertz CT molecular complexity index is 1400. The van der Waals surface area contributed by atoms with Gasteiger partial charge in [-0.3, -0.25) is 14.8 Å². The van der Waals surface area contributed by atoms with Crippen LogP contribution in [-0.4, -0.2) is 19.3 Å². The molecule has 0 saturated heterocycles. The number of sulfonamides is 1. The van der Waals surface area contributed by atoms with Gasteiger partial charge in [0.1, 0.15) is 0 Å². The zero-order valence-corrected chi connectivity index (χ0v) is 19.5. The number of thiazole rings is 1. The summed E-state index contributed by atoms with van der Waals surface area (Å²) in [5.74, 6) is -0.309. The molecular formula is C24H18ClN3O3S2. The fourth-order valence-electron chi connectivity index (χ4n) is 2.95. The predicted molar refractivity (Wildman–Crippen MR) is 134 cm³/mol. The lowest BCUT2D eigenvalue weighted by atomic mass is 10.1.